The highest BCUT2D eigenvalue weighted by molar-refractivity contribution is 5.84. The molecule has 3 fully saturated rings. The summed E-state index contributed by atoms with van der Waals surface area (Å²) < 4.78 is 5.30. The highest BCUT2D eigenvalue weighted by Crippen LogP contribution is 2.52. The zero-order valence-electron chi connectivity index (χ0n) is 21.6. The Hall–Kier alpha value is -1.98. The highest BCUT2D eigenvalue weighted by Gasteiger charge is 2.56. The van der Waals surface area contributed by atoms with Gasteiger partial charge in [0.25, 0.3) is 0 Å². The molecule has 1 aliphatic heterocycles. The molecule has 33 heavy (non-hydrogen) atoms. The first-order valence-corrected chi connectivity index (χ1v) is 12.6. The molecular weight excluding hydrogens is 414 g/mol. The van der Waals surface area contributed by atoms with Crippen molar-refractivity contribution in [1.29, 1.82) is 0 Å². The molecule has 0 aromatic carbocycles. The van der Waals surface area contributed by atoms with Crippen LogP contribution in [0.2, 0.25) is 0 Å². The van der Waals surface area contributed by atoms with Gasteiger partial charge >= 0.3 is 5.97 Å². The number of nitrogens with zero attached hydrogens (tertiary/aromatic N) is 1. The van der Waals surface area contributed by atoms with Gasteiger partial charge in [-0.25, -0.2) is 0 Å². The third kappa shape index (κ3) is 5.93. The van der Waals surface area contributed by atoms with E-state index in [-0.39, 0.29) is 47.4 Å². The van der Waals surface area contributed by atoms with E-state index in [1.165, 1.54) is 19.8 Å². The van der Waals surface area contributed by atoms with Crippen molar-refractivity contribution in [3.05, 3.63) is 24.6 Å². The molecule has 3 unspecified atom stereocenters. The van der Waals surface area contributed by atoms with E-state index in [1.54, 1.807) is 0 Å². The van der Waals surface area contributed by atoms with Gasteiger partial charge in [-0.1, -0.05) is 65.7 Å². The van der Waals surface area contributed by atoms with Gasteiger partial charge in [0.05, 0.1) is 17.9 Å². The lowest BCUT2D eigenvalue weighted by Crippen LogP contribution is -2.58. The number of nitrogens with one attached hydrogen (secondary N) is 2. The van der Waals surface area contributed by atoms with E-state index in [0.717, 1.165) is 37.8 Å². The first-order chi connectivity index (χ1) is 15.3. The van der Waals surface area contributed by atoms with Crippen LogP contribution in [0.4, 0.5) is 0 Å². The molecule has 6 nitrogen and oxygen atoms in total. The summed E-state index contributed by atoms with van der Waals surface area (Å²) in [7, 11) is 0. The van der Waals surface area contributed by atoms with Crippen molar-refractivity contribution in [3.8, 4) is 0 Å². The Morgan fingerprint density at radius 3 is 2.30 bits per heavy atom. The maximum atomic E-state index is 14.0. The number of piperidine rings is 1. The third-order valence-corrected chi connectivity index (χ3v) is 8.04. The van der Waals surface area contributed by atoms with E-state index in [0.29, 0.717) is 17.7 Å². The van der Waals surface area contributed by atoms with Crippen LogP contribution in [0.5, 0.6) is 0 Å². The van der Waals surface area contributed by atoms with Crippen LogP contribution in [0.15, 0.2) is 24.6 Å². The fourth-order valence-electron chi connectivity index (χ4n) is 5.81. The molecule has 3 rings (SSSR count). The number of carbonyl (C=O) groups is 2. The second kappa shape index (κ2) is 9.71. The molecule has 186 valence electrons. The number of ether oxygens (including phenoxy) is 1. The van der Waals surface area contributed by atoms with Crippen molar-refractivity contribution in [1.82, 2.24) is 15.5 Å². The number of carbonyl (C=O) groups excluding carboxylic acids is 2. The molecular formula is C27H45N3O3. The van der Waals surface area contributed by atoms with Crippen LogP contribution < -0.4 is 10.6 Å². The van der Waals surface area contributed by atoms with Crippen LogP contribution >= 0.6 is 0 Å². The summed E-state index contributed by atoms with van der Waals surface area (Å²) >= 11 is 0. The number of hydrogen-bond donors (Lipinski definition) is 2. The van der Waals surface area contributed by atoms with E-state index < -0.39 is 0 Å². The fraction of sp³-hybridized carbons (Fsp3) is 0.778. The standard InChI is InChI=1S/C27H45N3O3/c1-17(2)23-21-14-20(21)15-30(23)25(32)24(27(8)12-10-9-11-13-27)29-18(3)28-22(26(5,6)7)16-33-19(4)31/h20-24,28-29H,1,3,9-16H2,2,4-8H3/t20-,21-,22?,23?,24?/m0/s1. The minimum Gasteiger partial charge on any atom is -0.464 e. The summed E-state index contributed by atoms with van der Waals surface area (Å²) in [6.07, 6.45) is 6.79. The van der Waals surface area contributed by atoms with Gasteiger partial charge in [0.1, 0.15) is 12.6 Å². The minimum absolute atomic E-state index is 0.126. The van der Waals surface area contributed by atoms with E-state index in [2.05, 4.69) is 63.3 Å². The molecule has 6 heteroatoms. The first-order valence-electron chi connectivity index (χ1n) is 12.6. The number of amides is 1. The van der Waals surface area contributed by atoms with Crippen LogP contribution in [0.3, 0.4) is 0 Å². The number of likely N-dealkylation sites (tertiary alicyclic amines) is 1. The van der Waals surface area contributed by atoms with Crippen LogP contribution in [0.25, 0.3) is 0 Å². The fourth-order valence-corrected chi connectivity index (χ4v) is 5.81. The molecule has 1 heterocycles. The summed E-state index contributed by atoms with van der Waals surface area (Å²) in [5.74, 6) is 1.71. The molecule has 0 bridgehead atoms. The molecule has 2 N–H and O–H groups in total. The normalized spacial score (nSPS) is 27.7. The molecule has 0 spiro atoms. The summed E-state index contributed by atoms with van der Waals surface area (Å²) in [6, 6.07) is -0.308. The van der Waals surface area contributed by atoms with Gasteiger partial charge in [0.15, 0.2) is 0 Å². The zero-order valence-corrected chi connectivity index (χ0v) is 21.6. The summed E-state index contributed by atoms with van der Waals surface area (Å²) in [6.45, 7) is 21.6. The first kappa shape index (κ1) is 25.6. The van der Waals surface area contributed by atoms with Crippen molar-refractivity contribution in [2.45, 2.75) is 98.2 Å². The average Bonchev–Trinajstić information content (AvgIpc) is 3.36. The lowest BCUT2D eigenvalue weighted by molar-refractivity contribution is -0.142. The minimum atomic E-state index is -0.341. The van der Waals surface area contributed by atoms with Gasteiger partial charge in [0.2, 0.25) is 5.91 Å². The van der Waals surface area contributed by atoms with E-state index in [9.17, 15) is 9.59 Å². The Labute approximate surface area is 200 Å². The Morgan fingerprint density at radius 2 is 1.76 bits per heavy atom. The Bertz CT molecular complexity index is 778. The topological polar surface area (TPSA) is 70.7 Å². The van der Waals surface area contributed by atoms with Gasteiger partial charge in [-0.3, -0.25) is 9.59 Å². The van der Waals surface area contributed by atoms with Crippen molar-refractivity contribution in [2.75, 3.05) is 13.2 Å². The van der Waals surface area contributed by atoms with E-state index in [4.69, 9.17) is 4.74 Å². The lowest BCUT2D eigenvalue weighted by atomic mass is 9.70. The Kier molecular flexibility index (Phi) is 7.55. The van der Waals surface area contributed by atoms with Crippen molar-refractivity contribution in [2.24, 2.45) is 22.7 Å². The molecule has 5 atom stereocenters. The van der Waals surface area contributed by atoms with Gasteiger partial charge in [-0.2, -0.15) is 0 Å². The number of hydrogen-bond acceptors (Lipinski definition) is 5. The SMILES string of the molecule is C=C(NC(COC(C)=O)C(C)(C)C)NC(C(=O)N1C[C@@H]2C[C@@H]2C1C(=C)C)C1(C)CCCCC1. The van der Waals surface area contributed by atoms with Gasteiger partial charge in [-0.15, -0.1) is 0 Å². The second-order valence-corrected chi connectivity index (χ2v) is 12.1. The van der Waals surface area contributed by atoms with Gasteiger partial charge in [-0.05, 0) is 48.9 Å². The highest BCUT2D eigenvalue weighted by atomic mass is 16.5. The summed E-state index contributed by atoms with van der Waals surface area (Å²) in [5, 5.41) is 6.94. The number of rotatable bonds is 9. The molecule has 1 saturated heterocycles. The quantitative estimate of drug-likeness (QED) is 0.396. The predicted octanol–water partition coefficient (Wildman–Crippen LogP) is 4.38. The smallest absolute Gasteiger partial charge is 0.302 e. The van der Waals surface area contributed by atoms with Crippen molar-refractivity contribution in [3.63, 3.8) is 0 Å². The summed E-state index contributed by atoms with van der Waals surface area (Å²) in [4.78, 5) is 27.5. The molecule has 3 aliphatic rings. The van der Waals surface area contributed by atoms with Crippen molar-refractivity contribution >= 4 is 11.9 Å². The van der Waals surface area contributed by atoms with Gasteiger partial charge in [0, 0.05) is 13.5 Å². The lowest BCUT2D eigenvalue weighted by Gasteiger charge is -2.44. The van der Waals surface area contributed by atoms with Crippen molar-refractivity contribution < 1.29 is 14.3 Å². The van der Waals surface area contributed by atoms with E-state index in [1.807, 2.05) is 0 Å². The monoisotopic (exact) mass is 459 g/mol. The van der Waals surface area contributed by atoms with Gasteiger partial charge < -0.3 is 20.3 Å². The average molecular weight is 460 g/mol. The molecule has 2 saturated carbocycles. The third-order valence-electron chi connectivity index (χ3n) is 8.04. The maximum Gasteiger partial charge on any atom is 0.302 e. The molecule has 2 aliphatic carbocycles. The molecule has 0 aromatic rings. The van der Waals surface area contributed by atoms with E-state index >= 15 is 0 Å². The zero-order chi connectivity index (χ0) is 24.6. The molecule has 0 radical (unpaired) electrons. The maximum absolute atomic E-state index is 14.0. The summed E-state index contributed by atoms with van der Waals surface area (Å²) in [5.41, 5.74) is 0.807. The molecule has 1 amide bonds. The Morgan fingerprint density at radius 1 is 1.12 bits per heavy atom. The van der Waals surface area contributed by atoms with Crippen LogP contribution in [-0.4, -0.2) is 48.1 Å². The molecule has 0 aromatic heterocycles. The number of esters is 1. The van der Waals surface area contributed by atoms with Crippen LogP contribution in [-0.2, 0) is 14.3 Å². The Balaban J connectivity index is 1.78. The van der Waals surface area contributed by atoms with Crippen LogP contribution in [0, 0.1) is 22.7 Å². The predicted molar refractivity (Wildman–Crippen MR) is 132 cm³/mol. The van der Waals surface area contributed by atoms with Crippen LogP contribution in [0.1, 0.15) is 80.1 Å². The number of fused-ring (bicyclic) bond motifs is 1. The largest absolute Gasteiger partial charge is 0.464 e. The second-order valence-electron chi connectivity index (χ2n) is 12.1.